The summed E-state index contributed by atoms with van der Waals surface area (Å²) in [5.41, 5.74) is 0.717. The molecule has 6 heteroatoms. The predicted molar refractivity (Wildman–Crippen MR) is 61.9 cm³/mol. The standard InChI is InChI=1S/C11H19N3O3/c1-3-5-9-10(11(16)17)12-13-14(9)7-4-6-8(2)15/h8,15H,3-7H2,1-2H3,(H,16,17). The predicted octanol–water partition coefficient (Wildman–Crippen LogP) is 1.09. The monoisotopic (exact) mass is 241 g/mol. The van der Waals surface area contributed by atoms with Gasteiger partial charge in [-0.15, -0.1) is 5.10 Å². The van der Waals surface area contributed by atoms with Gasteiger partial charge < -0.3 is 10.2 Å². The first-order chi connectivity index (χ1) is 8.06. The lowest BCUT2D eigenvalue weighted by molar-refractivity contribution is 0.0689. The molecule has 1 atom stereocenters. The Morgan fingerprint density at radius 2 is 2.24 bits per heavy atom. The van der Waals surface area contributed by atoms with E-state index in [9.17, 15) is 4.79 Å². The topological polar surface area (TPSA) is 88.2 Å². The second kappa shape index (κ2) is 6.34. The van der Waals surface area contributed by atoms with E-state index in [1.807, 2.05) is 6.92 Å². The van der Waals surface area contributed by atoms with Crippen LogP contribution in [0.1, 0.15) is 49.3 Å². The third-order valence-corrected chi connectivity index (χ3v) is 2.52. The van der Waals surface area contributed by atoms with E-state index in [2.05, 4.69) is 10.3 Å². The summed E-state index contributed by atoms with van der Waals surface area (Å²) in [4.78, 5) is 10.9. The largest absolute Gasteiger partial charge is 0.476 e. The van der Waals surface area contributed by atoms with Gasteiger partial charge in [0.1, 0.15) is 0 Å². The van der Waals surface area contributed by atoms with Crippen LogP contribution < -0.4 is 0 Å². The second-order valence-electron chi connectivity index (χ2n) is 4.15. The Hall–Kier alpha value is -1.43. The number of hydrogen-bond acceptors (Lipinski definition) is 4. The van der Waals surface area contributed by atoms with Crippen LogP contribution >= 0.6 is 0 Å². The van der Waals surface area contributed by atoms with Crippen LogP contribution in [-0.2, 0) is 13.0 Å². The molecule has 0 spiro atoms. The number of rotatable bonds is 7. The molecule has 0 saturated carbocycles. The molecule has 0 saturated heterocycles. The minimum Gasteiger partial charge on any atom is -0.476 e. The SMILES string of the molecule is CCCc1c(C(=O)O)nnn1CCCC(C)O. The average molecular weight is 241 g/mol. The maximum atomic E-state index is 10.9. The van der Waals surface area contributed by atoms with Crippen molar-refractivity contribution in [1.29, 1.82) is 0 Å². The molecule has 0 fully saturated rings. The van der Waals surface area contributed by atoms with Gasteiger partial charge in [0, 0.05) is 6.54 Å². The van der Waals surface area contributed by atoms with Gasteiger partial charge in [-0.3, -0.25) is 0 Å². The Balaban J connectivity index is 2.73. The van der Waals surface area contributed by atoms with Crippen LogP contribution in [0, 0.1) is 0 Å². The number of aromatic carboxylic acids is 1. The Kier molecular flexibility index (Phi) is 5.09. The summed E-state index contributed by atoms with van der Waals surface area (Å²) >= 11 is 0. The highest BCUT2D eigenvalue weighted by Gasteiger charge is 2.17. The molecule has 1 aromatic heterocycles. The van der Waals surface area contributed by atoms with Gasteiger partial charge in [-0.05, 0) is 26.2 Å². The van der Waals surface area contributed by atoms with Crippen LogP contribution in [0.5, 0.6) is 0 Å². The number of hydrogen-bond donors (Lipinski definition) is 2. The molecule has 1 rings (SSSR count). The number of carbonyl (C=O) groups is 1. The van der Waals surface area contributed by atoms with E-state index < -0.39 is 5.97 Å². The Labute approximate surface area is 100 Å². The number of nitrogens with zero attached hydrogens (tertiary/aromatic N) is 3. The van der Waals surface area contributed by atoms with Crippen LogP contribution in [-0.4, -0.2) is 37.3 Å². The van der Waals surface area contributed by atoms with Crippen molar-refractivity contribution in [3.63, 3.8) is 0 Å². The van der Waals surface area contributed by atoms with Gasteiger partial charge in [0.25, 0.3) is 0 Å². The molecule has 0 bridgehead atoms. The molecule has 1 unspecified atom stereocenters. The van der Waals surface area contributed by atoms with Crippen molar-refractivity contribution >= 4 is 5.97 Å². The smallest absolute Gasteiger partial charge is 0.358 e. The summed E-state index contributed by atoms with van der Waals surface area (Å²) in [6.07, 6.45) is 2.60. The molecule has 0 aromatic carbocycles. The number of carboxylic acids is 1. The van der Waals surface area contributed by atoms with Crippen LogP contribution in [0.25, 0.3) is 0 Å². The van der Waals surface area contributed by atoms with Gasteiger partial charge >= 0.3 is 5.97 Å². The number of carboxylic acid groups (broad SMARTS) is 1. The van der Waals surface area contributed by atoms with Crippen LogP contribution in [0.15, 0.2) is 0 Å². The van der Waals surface area contributed by atoms with E-state index in [0.717, 1.165) is 12.8 Å². The first-order valence-corrected chi connectivity index (χ1v) is 5.90. The zero-order valence-electron chi connectivity index (χ0n) is 10.3. The van der Waals surface area contributed by atoms with Crippen LogP contribution in [0.4, 0.5) is 0 Å². The highest BCUT2D eigenvalue weighted by atomic mass is 16.4. The second-order valence-corrected chi connectivity index (χ2v) is 4.15. The molecule has 0 amide bonds. The maximum absolute atomic E-state index is 10.9. The van der Waals surface area contributed by atoms with E-state index in [0.29, 0.717) is 25.1 Å². The van der Waals surface area contributed by atoms with Crippen molar-refractivity contribution in [3.05, 3.63) is 11.4 Å². The molecule has 6 nitrogen and oxygen atoms in total. The van der Waals surface area contributed by atoms with Gasteiger partial charge in [0.15, 0.2) is 5.69 Å². The van der Waals surface area contributed by atoms with Crippen molar-refractivity contribution < 1.29 is 15.0 Å². The number of aromatic nitrogens is 3. The van der Waals surface area contributed by atoms with Gasteiger partial charge in [-0.1, -0.05) is 18.6 Å². The summed E-state index contributed by atoms with van der Waals surface area (Å²) in [5, 5.41) is 25.7. The lowest BCUT2D eigenvalue weighted by atomic mass is 10.2. The van der Waals surface area contributed by atoms with Crippen molar-refractivity contribution in [3.8, 4) is 0 Å². The first kappa shape index (κ1) is 13.6. The molecule has 0 aliphatic rings. The van der Waals surface area contributed by atoms with Crippen LogP contribution in [0.3, 0.4) is 0 Å². The Morgan fingerprint density at radius 3 is 2.76 bits per heavy atom. The summed E-state index contributed by atoms with van der Waals surface area (Å²) in [6.45, 7) is 4.32. The minimum atomic E-state index is -1.03. The third kappa shape index (κ3) is 3.81. The molecule has 17 heavy (non-hydrogen) atoms. The highest BCUT2D eigenvalue weighted by molar-refractivity contribution is 5.86. The van der Waals surface area contributed by atoms with Crippen molar-refractivity contribution in [2.24, 2.45) is 0 Å². The quantitative estimate of drug-likeness (QED) is 0.746. The fourth-order valence-corrected chi connectivity index (χ4v) is 1.70. The van der Waals surface area contributed by atoms with E-state index in [1.165, 1.54) is 0 Å². The number of aliphatic hydroxyl groups excluding tert-OH is 1. The molecule has 1 heterocycles. The van der Waals surface area contributed by atoms with Gasteiger partial charge in [0.05, 0.1) is 11.8 Å². The van der Waals surface area contributed by atoms with Crippen molar-refractivity contribution in [2.75, 3.05) is 0 Å². The fraction of sp³-hybridized carbons (Fsp3) is 0.727. The lowest BCUT2D eigenvalue weighted by Crippen LogP contribution is -2.10. The lowest BCUT2D eigenvalue weighted by Gasteiger charge is -2.07. The van der Waals surface area contributed by atoms with Crippen LogP contribution in [0.2, 0.25) is 0 Å². The summed E-state index contributed by atoms with van der Waals surface area (Å²) in [5.74, 6) is -1.03. The molecule has 2 N–H and O–H groups in total. The summed E-state index contributed by atoms with van der Waals surface area (Å²) in [7, 11) is 0. The third-order valence-electron chi connectivity index (χ3n) is 2.52. The number of aliphatic hydroxyl groups is 1. The van der Waals surface area contributed by atoms with Gasteiger partial charge in [-0.25, -0.2) is 9.48 Å². The minimum absolute atomic E-state index is 0.0453. The zero-order chi connectivity index (χ0) is 12.8. The Morgan fingerprint density at radius 1 is 1.53 bits per heavy atom. The molecular formula is C11H19N3O3. The zero-order valence-corrected chi connectivity index (χ0v) is 10.3. The van der Waals surface area contributed by atoms with Gasteiger partial charge in [0.2, 0.25) is 0 Å². The molecule has 96 valence electrons. The average Bonchev–Trinajstić information content (AvgIpc) is 2.62. The number of aryl methyl sites for hydroxylation is 1. The van der Waals surface area contributed by atoms with E-state index in [4.69, 9.17) is 10.2 Å². The first-order valence-electron chi connectivity index (χ1n) is 5.90. The Bertz CT molecular complexity index is 374. The van der Waals surface area contributed by atoms with Gasteiger partial charge in [-0.2, -0.15) is 0 Å². The maximum Gasteiger partial charge on any atom is 0.358 e. The highest BCUT2D eigenvalue weighted by Crippen LogP contribution is 2.10. The summed E-state index contributed by atoms with van der Waals surface area (Å²) in [6, 6.07) is 0. The summed E-state index contributed by atoms with van der Waals surface area (Å²) < 4.78 is 1.63. The molecule has 1 aromatic rings. The van der Waals surface area contributed by atoms with E-state index in [-0.39, 0.29) is 11.8 Å². The molecule has 0 aliphatic heterocycles. The van der Waals surface area contributed by atoms with E-state index >= 15 is 0 Å². The van der Waals surface area contributed by atoms with E-state index in [1.54, 1.807) is 11.6 Å². The normalized spacial score (nSPS) is 12.6. The molecule has 0 aliphatic carbocycles. The molecule has 0 radical (unpaired) electrons. The van der Waals surface area contributed by atoms with Crippen molar-refractivity contribution in [1.82, 2.24) is 15.0 Å². The van der Waals surface area contributed by atoms with Crippen molar-refractivity contribution in [2.45, 2.75) is 52.2 Å². The fourth-order valence-electron chi connectivity index (χ4n) is 1.70. The molecular weight excluding hydrogens is 222 g/mol.